The van der Waals surface area contributed by atoms with Gasteiger partial charge in [0.05, 0.1) is 18.0 Å². The highest BCUT2D eigenvalue weighted by molar-refractivity contribution is 5.77. The van der Waals surface area contributed by atoms with E-state index in [1.54, 1.807) is 0 Å². The Kier molecular flexibility index (Phi) is 5.23. The van der Waals surface area contributed by atoms with Crippen LogP contribution in [0.3, 0.4) is 0 Å². The van der Waals surface area contributed by atoms with Gasteiger partial charge in [-0.3, -0.25) is 9.78 Å². The molecule has 4 atom stereocenters. The van der Waals surface area contributed by atoms with Crippen LogP contribution in [0.4, 0.5) is 22.0 Å². The maximum atomic E-state index is 14.4. The molecule has 3 heterocycles. The highest BCUT2D eigenvalue weighted by Crippen LogP contribution is 2.59. The summed E-state index contributed by atoms with van der Waals surface area (Å²) in [7, 11) is 1.10. The molecule has 10 heteroatoms. The van der Waals surface area contributed by atoms with E-state index in [1.807, 2.05) is 0 Å². The average Bonchev–Trinajstić information content (AvgIpc) is 3.02. The molecule has 1 aliphatic heterocycles. The smallest absolute Gasteiger partial charge is 0.417 e. The second-order valence-corrected chi connectivity index (χ2v) is 7.95. The van der Waals surface area contributed by atoms with Crippen LogP contribution in [0.25, 0.3) is 10.9 Å². The molecule has 0 bridgehead atoms. The van der Waals surface area contributed by atoms with Crippen LogP contribution in [-0.2, 0) is 4.74 Å². The standard InChI is InChI=1S/C22H19F5N2O3/c1-10-17(11-4-5-13(23)18(24)19(11)31-3)20(32-21(10,2)22(25,26)27)15-8-16(30)12-9-28-7-6-14(12)29-15/h4-10,17,20H,1-3H3,(H,29,30)/t10-,17-,20-,21+/m1/s1. The molecule has 1 saturated heterocycles. The highest BCUT2D eigenvalue weighted by Gasteiger charge is 2.65. The number of methoxy groups -OCH3 is 1. The quantitative estimate of drug-likeness (QED) is 0.565. The monoisotopic (exact) mass is 454 g/mol. The number of alkyl halides is 3. The molecule has 1 fully saturated rings. The molecule has 0 radical (unpaired) electrons. The SMILES string of the molecule is COc1c([C@@H]2[C@@H](c3cc(=O)c4cnccc4[nH]3)O[C@](C)(C(F)(F)F)[C@@H]2C)ccc(F)c1F. The number of hydrogen-bond acceptors (Lipinski definition) is 4. The predicted molar refractivity (Wildman–Crippen MR) is 105 cm³/mol. The highest BCUT2D eigenvalue weighted by atomic mass is 19.4. The fraction of sp³-hybridized carbons (Fsp3) is 0.364. The Balaban J connectivity index is 1.96. The molecule has 0 amide bonds. The number of benzene rings is 1. The lowest BCUT2D eigenvalue weighted by Crippen LogP contribution is -2.46. The van der Waals surface area contributed by atoms with Crippen LogP contribution in [0.15, 0.2) is 41.5 Å². The maximum Gasteiger partial charge on any atom is 0.417 e. The van der Waals surface area contributed by atoms with Crippen LogP contribution in [0, 0.1) is 17.6 Å². The second-order valence-electron chi connectivity index (χ2n) is 7.95. The van der Waals surface area contributed by atoms with Crippen molar-refractivity contribution in [3.8, 4) is 5.75 Å². The summed E-state index contributed by atoms with van der Waals surface area (Å²) < 4.78 is 81.0. The van der Waals surface area contributed by atoms with Crippen molar-refractivity contribution < 1.29 is 31.4 Å². The summed E-state index contributed by atoms with van der Waals surface area (Å²) in [5, 5.41) is 0.253. The molecule has 1 N–H and O–H groups in total. The number of fused-ring (bicyclic) bond motifs is 1. The maximum absolute atomic E-state index is 14.4. The zero-order valence-corrected chi connectivity index (χ0v) is 17.3. The first-order valence-electron chi connectivity index (χ1n) is 9.73. The van der Waals surface area contributed by atoms with Gasteiger partial charge in [0.2, 0.25) is 5.82 Å². The van der Waals surface area contributed by atoms with Gasteiger partial charge in [0.15, 0.2) is 22.6 Å². The van der Waals surface area contributed by atoms with E-state index >= 15 is 0 Å². The lowest BCUT2D eigenvalue weighted by molar-refractivity contribution is -0.275. The number of rotatable bonds is 3. The van der Waals surface area contributed by atoms with Crippen LogP contribution in [-0.4, -0.2) is 28.9 Å². The lowest BCUT2D eigenvalue weighted by Gasteiger charge is -2.32. The van der Waals surface area contributed by atoms with Crippen molar-refractivity contribution in [2.45, 2.75) is 37.6 Å². The third kappa shape index (κ3) is 3.24. The van der Waals surface area contributed by atoms with Crippen LogP contribution in [0.1, 0.15) is 37.1 Å². The zero-order chi connectivity index (χ0) is 23.4. The van der Waals surface area contributed by atoms with Crippen molar-refractivity contribution in [1.82, 2.24) is 9.97 Å². The summed E-state index contributed by atoms with van der Waals surface area (Å²) in [6.45, 7) is 2.22. The molecule has 170 valence electrons. The topological polar surface area (TPSA) is 64.2 Å². The molecule has 0 aliphatic carbocycles. The fourth-order valence-corrected chi connectivity index (χ4v) is 4.34. The molecule has 4 rings (SSSR count). The number of pyridine rings is 2. The summed E-state index contributed by atoms with van der Waals surface area (Å²) in [6, 6.07) is 4.66. The molecule has 5 nitrogen and oxygen atoms in total. The first kappa shape index (κ1) is 22.2. The third-order valence-electron chi connectivity index (χ3n) is 6.27. The fourth-order valence-electron chi connectivity index (χ4n) is 4.34. The second kappa shape index (κ2) is 7.54. The minimum absolute atomic E-state index is 0.00699. The van der Waals surface area contributed by atoms with Crippen molar-refractivity contribution >= 4 is 10.9 Å². The van der Waals surface area contributed by atoms with Gasteiger partial charge in [-0.2, -0.15) is 17.6 Å². The first-order valence-corrected chi connectivity index (χ1v) is 9.73. The van der Waals surface area contributed by atoms with Crippen molar-refractivity contribution in [3.05, 3.63) is 69.8 Å². The summed E-state index contributed by atoms with van der Waals surface area (Å²) >= 11 is 0. The lowest BCUT2D eigenvalue weighted by atomic mass is 9.76. The summed E-state index contributed by atoms with van der Waals surface area (Å²) in [4.78, 5) is 19.4. The number of nitrogens with one attached hydrogen (secondary N) is 1. The van der Waals surface area contributed by atoms with Crippen LogP contribution in [0.2, 0.25) is 0 Å². The number of nitrogens with zero attached hydrogens (tertiary/aromatic N) is 1. The van der Waals surface area contributed by atoms with Crippen LogP contribution < -0.4 is 10.2 Å². The molecule has 0 unspecified atom stereocenters. The Labute approximate surface area is 179 Å². The first-order chi connectivity index (χ1) is 15.0. The summed E-state index contributed by atoms with van der Waals surface area (Å²) in [5.41, 5.74) is -2.65. The van der Waals surface area contributed by atoms with Crippen LogP contribution in [0.5, 0.6) is 5.75 Å². The molecular formula is C22H19F5N2O3. The van der Waals surface area contributed by atoms with E-state index in [4.69, 9.17) is 9.47 Å². The number of H-pyrrole nitrogens is 1. The van der Waals surface area contributed by atoms with E-state index in [1.165, 1.54) is 31.5 Å². The molecule has 1 aromatic carbocycles. The number of halogens is 5. The molecule has 0 spiro atoms. The van der Waals surface area contributed by atoms with E-state index in [9.17, 15) is 26.7 Å². The predicted octanol–water partition coefficient (Wildman–Crippen LogP) is 5.02. The third-order valence-corrected chi connectivity index (χ3v) is 6.27. The van der Waals surface area contributed by atoms with Gasteiger partial charge in [0, 0.05) is 41.6 Å². The zero-order valence-electron chi connectivity index (χ0n) is 17.3. The largest absolute Gasteiger partial charge is 0.493 e. The van der Waals surface area contributed by atoms with Gasteiger partial charge < -0.3 is 14.5 Å². The number of ether oxygens (including phenoxy) is 2. The van der Waals surface area contributed by atoms with Gasteiger partial charge in [-0.15, -0.1) is 0 Å². The number of aromatic nitrogens is 2. The molecule has 1 aliphatic rings. The van der Waals surface area contributed by atoms with E-state index in [0.717, 1.165) is 26.2 Å². The number of aromatic amines is 1. The van der Waals surface area contributed by atoms with Gasteiger partial charge in [0.1, 0.15) is 6.10 Å². The Morgan fingerprint density at radius 3 is 2.59 bits per heavy atom. The van der Waals surface area contributed by atoms with Gasteiger partial charge in [0.25, 0.3) is 0 Å². The van der Waals surface area contributed by atoms with E-state index in [0.29, 0.717) is 5.52 Å². The van der Waals surface area contributed by atoms with Gasteiger partial charge >= 0.3 is 6.18 Å². The Bertz CT molecular complexity index is 1240. The van der Waals surface area contributed by atoms with Gasteiger partial charge in [-0.25, -0.2) is 4.39 Å². The van der Waals surface area contributed by atoms with Gasteiger partial charge in [-0.1, -0.05) is 13.0 Å². The van der Waals surface area contributed by atoms with Crippen molar-refractivity contribution in [3.63, 3.8) is 0 Å². The molecule has 2 aromatic heterocycles. The Morgan fingerprint density at radius 2 is 1.94 bits per heavy atom. The molecular weight excluding hydrogens is 435 g/mol. The Morgan fingerprint density at radius 1 is 1.22 bits per heavy atom. The van der Waals surface area contributed by atoms with E-state index in [-0.39, 0.29) is 16.6 Å². The molecule has 0 saturated carbocycles. The Hall–Kier alpha value is -3.01. The van der Waals surface area contributed by atoms with Crippen LogP contribution >= 0.6 is 0 Å². The minimum Gasteiger partial charge on any atom is -0.493 e. The normalized spacial score (nSPS) is 25.9. The van der Waals surface area contributed by atoms with E-state index < -0.39 is 52.5 Å². The average molecular weight is 454 g/mol. The summed E-state index contributed by atoms with van der Waals surface area (Å²) in [5.74, 6) is -5.35. The van der Waals surface area contributed by atoms with Gasteiger partial charge in [-0.05, 0) is 19.1 Å². The molecule has 32 heavy (non-hydrogen) atoms. The van der Waals surface area contributed by atoms with E-state index in [2.05, 4.69) is 9.97 Å². The van der Waals surface area contributed by atoms with Crippen molar-refractivity contribution in [2.75, 3.05) is 7.11 Å². The number of hydrogen-bond donors (Lipinski definition) is 1. The van der Waals surface area contributed by atoms with Crippen molar-refractivity contribution in [1.29, 1.82) is 0 Å². The summed E-state index contributed by atoms with van der Waals surface area (Å²) in [6.07, 6.45) is -3.32. The molecule has 3 aromatic rings. The minimum atomic E-state index is -4.77. The van der Waals surface area contributed by atoms with Crippen molar-refractivity contribution in [2.24, 2.45) is 5.92 Å².